The van der Waals surface area contributed by atoms with Crippen LogP contribution in [0.3, 0.4) is 0 Å². The quantitative estimate of drug-likeness (QED) is 0.803. The second-order valence-electron chi connectivity index (χ2n) is 4.45. The highest BCUT2D eigenvalue weighted by Gasteiger charge is 2.10. The third-order valence-electron chi connectivity index (χ3n) is 2.92. The number of hydrogen-bond acceptors (Lipinski definition) is 4. The Bertz CT molecular complexity index is 801. The van der Waals surface area contributed by atoms with E-state index >= 15 is 0 Å². The van der Waals surface area contributed by atoms with Crippen molar-refractivity contribution in [1.29, 1.82) is 0 Å². The number of nitrogens with zero attached hydrogens (tertiary/aromatic N) is 3. The highest BCUT2D eigenvalue weighted by molar-refractivity contribution is 7.08. The summed E-state index contributed by atoms with van der Waals surface area (Å²) in [6.07, 6.45) is 1.69. The molecule has 1 amide bonds. The molecule has 1 N–H and O–H groups in total. The van der Waals surface area contributed by atoms with E-state index in [4.69, 9.17) is 0 Å². The highest BCUT2D eigenvalue weighted by Crippen LogP contribution is 2.11. The Labute approximate surface area is 128 Å². The monoisotopic (exact) mass is 320 g/mol. The van der Waals surface area contributed by atoms with Gasteiger partial charge in [-0.3, -0.25) is 4.79 Å². The number of carbonyl (C=O) groups is 1. The number of halogens is 2. The SMILES string of the molecule is O=C(NCc1cn(-c2ccsc2)nn1)c1ccc(F)c(F)c1. The third-order valence-corrected chi connectivity index (χ3v) is 3.59. The lowest BCUT2D eigenvalue weighted by atomic mass is 10.2. The van der Waals surface area contributed by atoms with Crippen LogP contribution in [-0.2, 0) is 6.54 Å². The van der Waals surface area contributed by atoms with Crippen molar-refractivity contribution in [1.82, 2.24) is 20.3 Å². The third kappa shape index (κ3) is 3.01. The first-order chi connectivity index (χ1) is 10.6. The summed E-state index contributed by atoms with van der Waals surface area (Å²) >= 11 is 1.54. The normalized spacial score (nSPS) is 10.6. The van der Waals surface area contributed by atoms with Crippen molar-refractivity contribution >= 4 is 17.2 Å². The average Bonchev–Trinajstić information content (AvgIpc) is 3.18. The van der Waals surface area contributed by atoms with Crippen LogP contribution in [0.4, 0.5) is 8.78 Å². The smallest absolute Gasteiger partial charge is 0.251 e. The van der Waals surface area contributed by atoms with E-state index in [1.807, 2.05) is 16.8 Å². The summed E-state index contributed by atoms with van der Waals surface area (Å²) in [5.41, 5.74) is 1.49. The van der Waals surface area contributed by atoms with Crippen molar-refractivity contribution < 1.29 is 13.6 Å². The first-order valence-corrected chi connectivity index (χ1v) is 7.25. The van der Waals surface area contributed by atoms with Gasteiger partial charge in [-0.15, -0.1) is 5.10 Å². The van der Waals surface area contributed by atoms with Crippen molar-refractivity contribution in [3.8, 4) is 5.69 Å². The lowest BCUT2D eigenvalue weighted by Crippen LogP contribution is -2.23. The number of hydrogen-bond donors (Lipinski definition) is 1. The summed E-state index contributed by atoms with van der Waals surface area (Å²) < 4.78 is 27.5. The molecule has 0 aliphatic carbocycles. The molecule has 0 saturated carbocycles. The molecule has 22 heavy (non-hydrogen) atoms. The number of rotatable bonds is 4. The highest BCUT2D eigenvalue weighted by atomic mass is 32.1. The molecular weight excluding hydrogens is 310 g/mol. The van der Waals surface area contributed by atoms with Crippen LogP contribution < -0.4 is 5.32 Å². The fourth-order valence-corrected chi connectivity index (χ4v) is 2.43. The molecule has 0 fully saturated rings. The van der Waals surface area contributed by atoms with E-state index in [9.17, 15) is 13.6 Å². The maximum Gasteiger partial charge on any atom is 0.251 e. The van der Waals surface area contributed by atoms with Gasteiger partial charge >= 0.3 is 0 Å². The second-order valence-corrected chi connectivity index (χ2v) is 5.23. The van der Waals surface area contributed by atoms with Gasteiger partial charge in [0.15, 0.2) is 11.6 Å². The van der Waals surface area contributed by atoms with Gasteiger partial charge < -0.3 is 5.32 Å². The Kier molecular flexibility index (Phi) is 3.92. The Morgan fingerprint density at radius 2 is 2.14 bits per heavy atom. The number of aromatic nitrogens is 3. The lowest BCUT2D eigenvalue weighted by molar-refractivity contribution is 0.0950. The van der Waals surface area contributed by atoms with Gasteiger partial charge in [-0.2, -0.15) is 11.3 Å². The fourth-order valence-electron chi connectivity index (χ4n) is 1.80. The summed E-state index contributed by atoms with van der Waals surface area (Å²) in [6, 6.07) is 4.88. The zero-order chi connectivity index (χ0) is 15.5. The largest absolute Gasteiger partial charge is 0.346 e. The van der Waals surface area contributed by atoms with E-state index in [1.165, 1.54) is 17.4 Å². The van der Waals surface area contributed by atoms with Crippen molar-refractivity contribution in [3.63, 3.8) is 0 Å². The van der Waals surface area contributed by atoms with E-state index < -0.39 is 17.5 Å². The molecule has 1 aromatic carbocycles. The minimum Gasteiger partial charge on any atom is -0.346 e. The van der Waals surface area contributed by atoms with Gasteiger partial charge in [0, 0.05) is 10.9 Å². The first kappa shape index (κ1) is 14.3. The number of nitrogens with one attached hydrogen (secondary N) is 1. The molecule has 5 nitrogen and oxygen atoms in total. The maximum absolute atomic E-state index is 13.1. The van der Waals surface area contributed by atoms with Crippen LogP contribution in [0.2, 0.25) is 0 Å². The van der Waals surface area contributed by atoms with Crippen LogP contribution in [0, 0.1) is 11.6 Å². The minimum atomic E-state index is -1.06. The van der Waals surface area contributed by atoms with E-state index in [0.29, 0.717) is 5.69 Å². The minimum absolute atomic E-state index is 0.0455. The van der Waals surface area contributed by atoms with Crippen molar-refractivity contribution in [2.24, 2.45) is 0 Å². The van der Waals surface area contributed by atoms with Crippen molar-refractivity contribution in [2.45, 2.75) is 6.54 Å². The Morgan fingerprint density at radius 1 is 1.27 bits per heavy atom. The van der Waals surface area contributed by atoms with Gasteiger partial charge in [-0.1, -0.05) is 5.21 Å². The van der Waals surface area contributed by atoms with Gasteiger partial charge in [-0.25, -0.2) is 13.5 Å². The van der Waals surface area contributed by atoms with Crippen LogP contribution >= 0.6 is 11.3 Å². The van der Waals surface area contributed by atoms with Gasteiger partial charge in [-0.05, 0) is 29.6 Å². The molecule has 0 spiro atoms. The van der Waals surface area contributed by atoms with Gasteiger partial charge in [0.1, 0.15) is 5.69 Å². The van der Waals surface area contributed by atoms with Gasteiger partial charge in [0.25, 0.3) is 5.91 Å². The van der Waals surface area contributed by atoms with Crippen LogP contribution in [0.15, 0.2) is 41.2 Å². The number of thiophene rings is 1. The summed E-state index contributed by atoms with van der Waals surface area (Å²) in [5, 5.41) is 14.3. The molecule has 0 saturated heterocycles. The second kappa shape index (κ2) is 6.02. The molecule has 0 aliphatic rings. The van der Waals surface area contributed by atoms with E-state index in [-0.39, 0.29) is 12.1 Å². The first-order valence-electron chi connectivity index (χ1n) is 6.30. The molecule has 3 rings (SSSR count). The molecule has 2 heterocycles. The zero-order valence-corrected chi connectivity index (χ0v) is 12.0. The molecule has 0 bridgehead atoms. The topological polar surface area (TPSA) is 59.8 Å². The molecule has 3 aromatic rings. The molecule has 0 unspecified atom stereocenters. The van der Waals surface area contributed by atoms with Crippen molar-refractivity contribution in [2.75, 3.05) is 0 Å². The molecular formula is C14H10F2N4OS. The number of carbonyl (C=O) groups excluding carboxylic acids is 1. The van der Waals surface area contributed by atoms with Crippen LogP contribution in [0.25, 0.3) is 5.69 Å². The molecule has 112 valence electrons. The van der Waals surface area contributed by atoms with E-state index in [0.717, 1.165) is 17.8 Å². The van der Waals surface area contributed by atoms with Crippen molar-refractivity contribution in [3.05, 3.63) is 64.1 Å². The Hall–Kier alpha value is -2.61. The van der Waals surface area contributed by atoms with E-state index in [1.54, 1.807) is 10.9 Å². The predicted molar refractivity (Wildman–Crippen MR) is 76.8 cm³/mol. The van der Waals surface area contributed by atoms with Gasteiger partial charge in [0.05, 0.1) is 18.4 Å². The van der Waals surface area contributed by atoms with Gasteiger partial charge in [0.2, 0.25) is 0 Å². The Balaban J connectivity index is 1.65. The predicted octanol–water partition coefficient (Wildman–Crippen LogP) is 2.54. The summed E-state index contributed by atoms with van der Waals surface area (Å²) in [6.45, 7) is 0.141. The lowest BCUT2D eigenvalue weighted by Gasteiger charge is -2.03. The van der Waals surface area contributed by atoms with Crippen LogP contribution in [0.5, 0.6) is 0 Å². The molecule has 8 heteroatoms. The number of amides is 1. The fraction of sp³-hybridized carbons (Fsp3) is 0.0714. The maximum atomic E-state index is 13.1. The average molecular weight is 320 g/mol. The van der Waals surface area contributed by atoms with E-state index in [2.05, 4.69) is 15.6 Å². The molecule has 0 radical (unpaired) electrons. The number of benzene rings is 1. The van der Waals surface area contributed by atoms with Crippen LogP contribution in [0.1, 0.15) is 16.1 Å². The zero-order valence-electron chi connectivity index (χ0n) is 11.2. The standard InChI is InChI=1S/C14H10F2N4OS/c15-12-2-1-9(5-13(12)16)14(21)17-6-10-7-20(19-18-10)11-3-4-22-8-11/h1-5,7-8H,6H2,(H,17,21). The Morgan fingerprint density at radius 3 is 2.86 bits per heavy atom. The summed E-state index contributed by atoms with van der Waals surface area (Å²) in [4.78, 5) is 11.9. The van der Waals surface area contributed by atoms with Crippen LogP contribution in [-0.4, -0.2) is 20.9 Å². The summed E-state index contributed by atoms with van der Waals surface area (Å²) in [5.74, 6) is -2.56. The molecule has 2 aromatic heterocycles. The summed E-state index contributed by atoms with van der Waals surface area (Å²) in [7, 11) is 0. The molecule has 0 atom stereocenters. The molecule has 0 aliphatic heterocycles.